The number of hydrogen-bond acceptors (Lipinski definition) is 4. The summed E-state index contributed by atoms with van der Waals surface area (Å²) in [5.74, 6) is 1.25. The maximum atomic E-state index is 12.2. The van der Waals surface area contributed by atoms with Crippen LogP contribution < -0.4 is 0 Å². The lowest BCUT2D eigenvalue weighted by atomic mass is 10.1. The van der Waals surface area contributed by atoms with Gasteiger partial charge in [-0.05, 0) is 37.6 Å². The minimum Gasteiger partial charge on any atom is -0.342 e. The van der Waals surface area contributed by atoms with Crippen molar-refractivity contribution in [3.8, 4) is 17.1 Å². The van der Waals surface area contributed by atoms with Gasteiger partial charge in [0.05, 0.1) is 5.75 Å². The molecule has 2 heterocycles. The smallest absolute Gasteiger partial charge is 0.233 e. The second-order valence-corrected chi connectivity index (χ2v) is 7.89. The molecule has 1 fully saturated rings. The molecule has 1 aromatic heterocycles. The predicted octanol–water partition coefficient (Wildman–Crippen LogP) is 4.22. The Labute approximate surface area is 167 Å². The molecule has 0 saturated carbocycles. The van der Waals surface area contributed by atoms with E-state index in [2.05, 4.69) is 29.3 Å². The maximum Gasteiger partial charge on any atom is 0.233 e. The van der Waals surface area contributed by atoms with Crippen molar-refractivity contribution >= 4 is 29.3 Å². The fourth-order valence-corrected chi connectivity index (χ4v) is 3.84. The van der Waals surface area contributed by atoms with Gasteiger partial charge in [0.2, 0.25) is 5.91 Å². The third-order valence-corrected chi connectivity index (χ3v) is 5.73. The summed E-state index contributed by atoms with van der Waals surface area (Å²) < 4.78 is 1.98. The lowest BCUT2D eigenvalue weighted by molar-refractivity contribution is -0.131. The predicted molar refractivity (Wildman–Crippen MR) is 108 cm³/mol. The van der Waals surface area contributed by atoms with Gasteiger partial charge in [0.1, 0.15) is 0 Å². The number of aryl methyl sites for hydroxylation is 1. The molecule has 1 amide bonds. The van der Waals surface area contributed by atoms with Crippen LogP contribution in [0.5, 0.6) is 0 Å². The molecule has 27 heavy (non-hydrogen) atoms. The van der Waals surface area contributed by atoms with Crippen molar-refractivity contribution in [1.29, 1.82) is 0 Å². The second kappa shape index (κ2) is 7.74. The first-order chi connectivity index (χ1) is 13.1. The van der Waals surface area contributed by atoms with E-state index in [0.717, 1.165) is 36.6 Å². The molecule has 0 radical (unpaired) electrons. The first kappa shape index (κ1) is 18.1. The van der Waals surface area contributed by atoms with Gasteiger partial charge in [-0.1, -0.05) is 53.2 Å². The SMILES string of the molecule is Cc1ccc(-c2nnc(SCC(=O)N3CCC3)n2-c2ccc(Cl)cc2)cc1. The Morgan fingerprint density at radius 1 is 1.07 bits per heavy atom. The lowest BCUT2D eigenvalue weighted by Gasteiger charge is -2.30. The molecule has 0 bridgehead atoms. The monoisotopic (exact) mass is 398 g/mol. The van der Waals surface area contributed by atoms with E-state index >= 15 is 0 Å². The third-order valence-electron chi connectivity index (χ3n) is 4.56. The third kappa shape index (κ3) is 3.87. The Hall–Kier alpha value is -2.31. The minimum atomic E-state index is 0.147. The molecule has 3 aromatic rings. The van der Waals surface area contributed by atoms with Gasteiger partial charge in [0, 0.05) is 29.4 Å². The highest BCUT2D eigenvalue weighted by Gasteiger charge is 2.22. The van der Waals surface area contributed by atoms with E-state index in [0.29, 0.717) is 15.9 Å². The number of nitrogens with zero attached hydrogens (tertiary/aromatic N) is 4. The van der Waals surface area contributed by atoms with Crippen molar-refractivity contribution in [3.63, 3.8) is 0 Å². The van der Waals surface area contributed by atoms with Gasteiger partial charge in [-0.15, -0.1) is 10.2 Å². The number of halogens is 1. The standard InChI is InChI=1S/C20H19ClN4OS/c1-14-3-5-15(6-4-14)19-22-23-20(27-13-18(26)24-11-2-12-24)25(19)17-9-7-16(21)8-10-17/h3-10H,2,11-13H2,1H3. The number of amides is 1. The Morgan fingerprint density at radius 2 is 1.78 bits per heavy atom. The molecule has 0 spiro atoms. The van der Waals surface area contributed by atoms with Gasteiger partial charge in [-0.25, -0.2) is 0 Å². The van der Waals surface area contributed by atoms with Crippen molar-refractivity contribution in [2.24, 2.45) is 0 Å². The van der Waals surface area contributed by atoms with Crippen molar-refractivity contribution in [3.05, 3.63) is 59.1 Å². The largest absolute Gasteiger partial charge is 0.342 e. The molecular formula is C20H19ClN4OS. The summed E-state index contributed by atoms with van der Waals surface area (Å²) in [7, 11) is 0. The molecule has 1 saturated heterocycles. The molecule has 2 aromatic carbocycles. The topological polar surface area (TPSA) is 51.0 Å². The van der Waals surface area contributed by atoms with Gasteiger partial charge in [-0.3, -0.25) is 9.36 Å². The van der Waals surface area contributed by atoms with Gasteiger partial charge < -0.3 is 4.90 Å². The van der Waals surface area contributed by atoms with Crippen LogP contribution in [0.15, 0.2) is 53.7 Å². The average molecular weight is 399 g/mol. The zero-order valence-electron chi connectivity index (χ0n) is 14.9. The van der Waals surface area contributed by atoms with Crippen molar-refractivity contribution in [1.82, 2.24) is 19.7 Å². The molecule has 4 rings (SSSR count). The van der Waals surface area contributed by atoms with Crippen LogP contribution >= 0.6 is 23.4 Å². The van der Waals surface area contributed by atoms with E-state index in [9.17, 15) is 4.79 Å². The van der Waals surface area contributed by atoms with Crippen LogP contribution in [-0.4, -0.2) is 44.4 Å². The van der Waals surface area contributed by atoms with Crippen molar-refractivity contribution < 1.29 is 4.79 Å². The number of thioether (sulfide) groups is 1. The van der Waals surface area contributed by atoms with Crippen LogP contribution in [0.4, 0.5) is 0 Å². The van der Waals surface area contributed by atoms with E-state index < -0.39 is 0 Å². The Bertz CT molecular complexity index is 949. The maximum absolute atomic E-state index is 12.2. The molecule has 7 heteroatoms. The lowest BCUT2D eigenvalue weighted by Crippen LogP contribution is -2.43. The summed E-state index contributed by atoms with van der Waals surface area (Å²) in [6.45, 7) is 3.77. The first-order valence-corrected chi connectivity index (χ1v) is 10.2. The number of benzene rings is 2. The summed E-state index contributed by atoms with van der Waals surface area (Å²) in [6, 6.07) is 15.7. The number of rotatable bonds is 5. The van der Waals surface area contributed by atoms with Crippen LogP contribution in [0.25, 0.3) is 17.1 Å². The van der Waals surface area contributed by atoms with Crippen molar-refractivity contribution in [2.75, 3.05) is 18.8 Å². The van der Waals surface area contributed by atoms with E-state index in [1.165, 1.54) is 17.3 Å². The van der Waals surface area contributed by atoms with Crippen LogP contribution in [0.2, 0.25) is 5.02 Å². The normalized spacial score (nSPS) is 13.5. The molecule has 0 aliphatic carbocycles. The Morgan fingerprint density at radius 3 is 2.41 bits per heavy atom. The summed E-state index contributed by atoms with van der Waals surface area (Å²) in [5, 5.41) is 10.1. The van der Waals surface area contributed by atoms with Gasteiger partial charge >= 0.3 is 0 Å². The van der Waals surface area contributed by atoms with Gasteiger partial charge in [-0.2, -0.15) is 0 Å². The second-order valence-electron chi connectivity index (χ2n) is 6.51. The van der Waals surface area contributed by atoms with Crippen LogP contribution in [-0.2, 0) is 4.79 Å². The molecule has 1 aliphatic rings. The molecule has 138 valence electrons. The van der Waals surface area contributed by atoms with Crippen LogP contribution in [0, 0.1) is 6.92 Å². The van der Waals surface area contributed by atoms with Gasteiger partial charge in [0.15, 0.2) is 11.0 Å². The van der Waals surface area contributed by atoms with E-state index in [1.54, 1.807) is 0 Å². The summed E-state index contributed by atoms with van der Waals surface area (Å²) in [6.07, 6.45) is 1.09. The summed E-state index contributed by atoms with van der Waals surface area (Å²) in [5.41, 5.74) is 3.08. The van der Waals surface area contributed by atoms with Crippen molar-refractivity contribution in [2.45, 2.75) is 18.5 Å². The number of carbonyl (C=O) groups excluding carboxylic acids is 1. The fraction of sp³-hybridized carbons (Fsp3) is 0.250. The van der Waals surface area contributed by atoms with Gasteiger partial charge in [0.25, 0.3) is 0 Å². The van der Waals surface area contributed by atoms with Crippen LogP contribution in [0.1, 0.15) is 12.0 Å². The molecule has 1 aliphatic heterocycles. The Kier molecular flexibility index (Phi) is 5.18. The number of likely N-dealkylation sites (tertiary alicyclic amines) is 1. The molecule has 0 N–H and O–H groups in total. The highest BCUT2D eigenvalue weighted by atomic mass is 35.5. The first-order valence-electron chi connectivity index (χ1n) is 8.81. The average Bonchev–Trinajstić information content (AvgIpc) is 3.04. The fourth-order valence-electron chi connectivity index (χ4n) is 2.86. The molecular weight excluding hydrogens is 380 g/mol. The minimum absolute atomic E-state index is 0.147. The zero-order chi connectivity index (χ0) is 18.8. The quantitative estimate of drug-likeness (QED) is 0.604. The van der Waals surface area contributed by atoms with Crippen LogP contribution in [0.3, 0.4) is 0 Å². The zero-order valence-corrected chi connectivity index (χ0v) is 16.5. The molecule has 5 nitrogen and oxygen atoms in total. The van der Waals surface area contributed by atoms with E-state index in [1.807, 2.05) is 45.9 Å². The summed E-state index contributed by atoms with van der Waals surface area (Å²) >= 11 is 7.47. The number of aromatic nitrogens is 3. The highest BCUT2D eigenvalue weighted by molar-refractivity contribution is 7.99. The molecule has 0 atom stereocenters. The summed E-state index contributed by atoms with van der Waals surface area (Å²) in [4.78, 5) is 14.1. The van der Waals surface area contributed by atoms with E-state index in [-0.39, 0.29) is 5.91 Å². The molecule has 0 unspecified atom stereocenters. The Balaban J connectivity index is 1.68. The number of carbonyl (C=O) groups is 1. The van der Waals surface area contributed by atoms with E-state index in [4.69, 9.17) is 11.6 Å². The number of hydrogen-bond donors (Lipinski definition) is 0. The highest BCUT2D eigenvalue weighted by Crippen LogP contribution is 2.29.